The molecule has 0 unspecified atom stereocenters. The zero-order chi connectivity index (χ0) is 11.0. The molecule has 2 heteroatoms. The molecule has 0 spiro atoms. The van der Waals surface area contributed by atoms with Gasteiger partial charge in [-0.3, -0.25) is 0 Å². The molecule has 0 aliphatic carbocycles. The van der Waals surface area contributed by atoms with Gasteiger partial charge in [-0.2, -0.15) is 0 Å². The second-order valence-corrected chi connectivity index (χ2v) is 4.52. The third kappa shape index (κ3) is 8.24. The van der Waals surface area contributed by atoms with Crippen LogP contribution in [0, 0.1) is 0 Å². The lowest BCUT2D eigenvalue weighted by Crippen LogP contribution is -2.25. The zero-order valence-corrected chi connectivity index (χ0v) is 10.1. The minimum atomic E-state index is -0.139. The number of unbranched alkanes of at least 4 members (excludes halogenated alkanes) is 2. The first-order valence-corrected chi connectivity index (χ1v) is 5.61. The van der Waals surface area contributed by atoms with Crippen molar-refractivity contribution in [2.45, 2.75) is 65.4 Å². The summed E-state index contributed by atoms with van der Waals surface area (Å²) < 4.78 is 5.73. The Hall–Kier alpha value is -0.370. The molecular formula is C12H24O2. The van der Waals surface area contributed by atoms with E-state index in [9.17, 15) is 4.79 Å². The van der Waals surface area contributed by atoms with Crippen LogP contribution in [0.3, 0.4) is 0 Å². The fraction of sp³-hybridized carbons (Fsp3) is 0.917. The molecule has 0 saturated carbocycles. The molecule has 0 aromatic rings. The van der Waals surface area contributed by atoms with Crippen LogP contribution in [0.2, 0.25) is 0 Å². The molecule has 0 fully saturated rings. The van der Waals surface area contributed by atoms with E-state index < -0.39 is 0 Å². The predicted octanol–water partition coefficient (Wildman–Crippen LogP) is 3.34. The highest BCUT2D eigenvalue weighted by atomic mass is 16.5. The smallest absolute Gasteiger partial charge is 0.129 e. The van der Waals surface area contributed by atoms with E-state index in [4.69, 9.17) is 4.74 Å². The van der Waals surface area contributed by atoms with E-state index in [0.29, 0.717) is 6.42 Å². The Kier molecular flexibility index (Phi) is 6.81. The molecule has 0 aliphatic rings. The van der Waals surface area contributed by atoms with E-state index in [1.807, 2.05) is 0 Å². The topological polar surface area (TPSA) is 26.3 Å². The standard InChI is InChI=1S/C12H24O2/c1-5-6-7-10-14-12(3,4)9-8-11(2)13/h5-10H2,1-4H3. The van der Waals surface area contributed by atoms with Crippen molar-refractivity contribution in [3.05, 3.63) is 0 Å². The van der Waals surface area contributed by atoms with Gasteiger partial charge in [0.05, 0.1) is 5.60 Å². The Labute approximate surface area is 88.0 Å². The third-order valence-corrected chi connectivity index (χ3v) is 2.32. The summed E-state index contributed by atoms with van der Waals surface area (Å²) in [6, 6.07) is 0. The molecule has 0 heterocycles. The Balaban J connectivity index is 3.55. The van der Waals surface area contributed by atoms with Gasteiger partial charge >= 0.3 is 0 Å². The monoisotopic (exact) mass is 200 g/mol. The van der Waals surface area contributed by atoms with E-state index in [-0.39, 0.29) is 11.4 Å². The summed E-state index contributed by atoms with van der Waals surface area (Å²) in [5, 5.41) is 0. The zero-order valence-electron chi connectivity index (χ0n) is 10.1. The van der Waals surface area contributed by atoms with Crippen LogP contribution in [0.25, 0.3) is 0 Å². The first-order chi connectivity index (χ1) is 6.48. The van der Waals surface area contributed by atoms with E-state index in [1.165, 1.54) is 12.8 Å². The first kappa shape index (κ1) is 13.6. The largest absolute Gasteiger partial charge is 0.376 e. The Morgan fingerprint density at radius 3 is 2.43 bits per heavy atom. The Bertz CT molecular complexity index is 162. The molecular weight excluding hydrogens is 176 g/mol. The summed E-state index contributed by atoms with van der Waals surface area (Å²) in [5.41, 5.74) is -0.139. The molecule has 0 rings (SSSR count). The number of ketones is 1. The number of Topliss-reactive ketones (excluding diaryl/α,β-unsaturated/α-hetero) is 1. The van der Waals surface area contributed by atoms with Crippen molar-refractivity contribution in [2.24, 2.45) is 0 Å². The summed E-state index contributed by atoms with van der Waals surface area (Å²) in [6.07, 6.45) is 5.02. The lowest BCUT2D eigenvalue weighted by atomic mass is 10.0. The maximum Gasteiger partial charge on any atom is 0.129 e. The summed E-state index contributed by atoms with van der Waals surface area (Å²) in [4.78, 5) is 10.8. The highest BCUT2D eigenvalue weighted by molar-refractivity contribution is 5.75. The summed E-state index contributed by atoms with van der Waals surface area (Å²) in [7, 11) is 0. The van der Waals surface area contributed by atoms with Crippen molar-refractivity contribution in [1.29, 1.82) is 0 Å². The SMILES string of the molecule is CCCCCOC(C)(C)CCC(C)=O. The minimum absolute atomic E-state index is 0.139. The van der Waals surface area contributed by atoms with Gasteiger partial charge in [-0.15, -0.1) is 0 Å². The van der Waals surface area contributed by atoms with Gasteiger partial charge in [0, 0.05) is 13.0 Å². The van der Waals surface area contributed by atoms with Crippen molar-refractivity contribution in [3.63, 3.8) is 0 Å². The number of hydrogen-bond acceptors (Lipinski definition) is 2. The van der Waals surface area contributed by atoms with Gasteiger partial charge in [0.25, 0.3) is 0 Å². The third-order valence-electron chi connectivity index (χ3n) is 2.32. The highest BCUT2D eigenvalue weighted by Crippen LogP contribution is 2.17. The molecule has 0 N–H and O–H groups in total. The molecule has 0 radical (unpaired) electrons. The number of ether oxygens (including phenoxy) is 1. The maximum absolute atomic E-state index is 10.8. The van der Waals surface area contributed by atoms with Crippen LogP contribution >= 0.6 is 0 Å². The maximum atomic E-state index is 10.8. The fourth-order valence-corrected chi connectivity index (χ4v) is 1.25. The van der Waals surface area contributed by atoms with Crippen LogP contribution in [0.1, 0.15) is 59.8 Å². The molecule has 0 amide bonds. The van der Waals surface area contributed by atoms with Crippen LogP contribution in [-0.2, 0) is 9.53 Å². The van der Waals surface area contributed by atoms with Crippen LogP contribution in [0.5, 0.6) is 0 Å². The molecule has 0 aromatic heterocycles. The first-order valence-electron chi connectivity index (χ1n) is 5.61. The lowest BCUT2D eigenvalue weighted by Gasteiger charge is -2.24. The lowest BCUT2D eigenvalue weighted by molar-refractivity contribution is -0.118. The average Bonchev–Trinajstić information content (AvgIpc) is 2.10. The summed E-state index contributed by atoms with van der Waals surface area (Å²) in [5.74, 6) is 0.246. The van der Waals surface area contributed by atoms with Crippen molar-refractivity contribution >= 4 is 5.78 Å². The number of hydrogen-bond donors (Lipinski definition) is 0. The van der Waals surface area contributed by atoms with Gasteiger partial charge in [-0.1, -0.05) is 19.8 Å². The number of carbonyl (C=O) groups excluding carboxylic acids is 1. The molecule has 84 valence electrons. The van der Waals surface area contributed by atoms with Gasteiger partial charge in [-0.25, -0.2) is 0 Å². The average molecular weight is 200 g/mol. The van der Waals surface area contributed by atoms with Crippen molar-refractivity contribution in [2.75, 3.05) is 6.61 Å². The predicted molar refractivity (Wildman–Crippen MR) is 59.5 cm³/mol. The van der Waals surface area contributed by atoms with E-state index in [2.05, 4.69) is 20.8 Å². The van der Waals surface area contributed by atoms with Crippen LogP contribution in [-0.4, -0.2) is 18.0 Å². The van der Waals surface area contributed by atoms with Crippen molar-refractivity contribution in [1.82, 2.24) is 0 Å². The number of carbonyl (C=O) groups is 1. The molecule has 0 atom stereocenters. The van der Waals surface area contributed by atoms with Crippen LogP contribution in [0.4, 0.5) is 0 Å². The van der Waals surface area contributed by atoms with Crippen LogP contribution in [0.15, 0.2) is 0 Å². The van der Waals surface area contributed by atoms with E-state index in [0.717, 1.165) is 19.4 Å². The molecule has 14 heavy (non-hydrogen) atoms. The second kappa shape index (κ2) is 6.99. The molecule has 0 bridgehead atoms. The minimum Gasteiger partial charge on any atom is -0.376 e. The molecule has 0 aliphatic heterocycles. The summed E-state index contributed by atoms with van der Waals surface area (Å²) >= 11 is 0. The molecule has 0 saturated heterocycles. The molecule has 0 aromatic carbocycles. The normalized spacial score (nSPS) is 11.7. The number of rotatable bonds is 8. The van der Waals surface area contributed by atoms with Crippen molar-refractivity contribution in [3.8, 4) is 0 Å². The Morgan fingerprint density at radius 1 is 1.29 bits per heavy atom. The van der Waals surface area contributed by atoms with Gasteiger partial charge in [0.15, 0.2) is 0 Å². The van der Waals surface area contributed by atoms with Gasteiger partial charge in [0.1, 0.15) is 5.78 Å². The van der Waals surface area contributed by atoms with E-state index >= 15 is 0 Å². The molecule has 2 nitrogen and oxygen atoms in total. The fourth-order valence-electron chi connectivity index (χ4n) is 1.25. The quantitative estimate of drug-likeness (QED) is 0.562. The summed E-state index contributed by atoms with van der Waals surface area (Å²) in [6.45, 7) is 8.75. The van der Waals surface area contributed by atoms with Crippen LogP contribution < -0.4 is 0 Å². The van der Waals surface area contributed by atoms with Gasteiger partial charge in [-0.05, 0) is 33.6 Å². The van der Waals surface area contributed by atoms with Crippen molar-refractivity contribution < 1.29 is 9.53 Å². The van der Waals surface area contributed by atoms with Gasteiger partial charge < -0.3 is 9.53 Å². The van der Waals surface area contributed by atoms with E-state index in [1.54, 1.807) is 6.92 Å². The highest BCUT2D eigenvalue weighted by Gasteiger charge is 2.18. The second-order valence-electron chi connectivity index (χ2n) is 4.52. The Morgan fingerprint density at radius 2 is 1.93 bits per heavy atom. The van der Waals surface area contributed by atoms with Gasteiger partial charge in [0.2, 0.25) is 0 Å².